The maximum Gasteiger partial charge on any atom is 0.472 e. The molecule has 17 nitrogen and oxygen atoms in total. The second-order valence-corrected chi connectivity index (χ2v) is 27.7. The van der Waals surface area contributed by atoms with Crippen LogP contribution >= 0.6 is 15.6 Å². The van der Waals surface area contributed by atoms with Crippen LogP contribution in [0.15, 0.2) is 0 Å². The molecule has 0 radical (unpaired) electrons. The summed E-state index contributed by atoms with van der Waals surface area (Å²) in [6, 6.07) is 0. The number of phosphoric ester groups is 2. The van der Waals surface area contributed by atoms with Crippen LogP contribution < -0.4 is 0 Å². The van der Waals surface area contributed by atoms with E-state index in [0.717, 1.165) is 121 Å². The van der Waals surface area contributed by atoms with Crippen molar-refractivity contribution >= 4 is 39.5 Å². The highest BCUT2D eigenvalue weighted by Gasteiger charge is 2.30. The van der Waals surface area contributed by atoms with Crippen molar-refractivity contribution in [1.29, 1.82) is 0 Å². The van der Waals surface area contributed by atoms with Crippen LogP contribution in [-0.4, -0.2) is 96.7 Å². The van der Waals surface area contributed by atoms with Crippen LogP contribution in [0, 0.1) is 11.8 Å². The van der Waals surface area contributed by atoms with Crippen molar-refractivity contribution in [3.8, 4) is 0 Å². The number of hydrogen-bond acceptors (Lipinski definition) is 15. The molecule has 0 amide bonds. The number of aliphatic hydroxyl groups excluding tert-OH is 1. The van der Waals surface area contributed by atoms with Gasteiger partial charge < -0.3 is 33.8 Å². The zero-order chi connectivity index (χ0) is 62.9. The molecule has 2 unspecified atom stereocenters. The zero-order valence-corrected chi connectivity index (χ0v) is 56.7. The Hall–Kier alpha value is -1.94. The fourth-order valence-corrected chi connectivity index (χ4v) is 11.5. The summed E-state index contributed by atoms with van der Waals surface area (Å²) in [5, 5.41) is 10.5. The maximum atomic E-state index is 13.0. The van der Waals surface area contributed by atoms with Gasteiger partial charge in [-0.1, -0.05) is 279 Å². The van der Waals surface area contributed by atoms with E-state index in [2.05, 4.69) is 41.5 Å². The molecule has 0 fully saturated rings. The predicted molar refractivity (Wildman–Crippen MR) is 340 cm³/mol. The minimum Gasteiger partial charge on any atom is -0.462 e. The number of aliphatic hydroxyl groups is 1. The van der Waals surface area contributed by atoms with Gasteiger partial charge in [-0.25, -0.2) is 9.13 Å². The van der Waals surface area contributed by atoms with Gasteiger partial charge in [0.1, 0.15) is 19.3 Å². The fraction of sp³-hybridized carbons (Fsp3) is 0.939. The lowest BCUT2D eigenvalue weighted by Crippen LogP contribution is -2.30. The normalized spacial score (nSPS) is 14.2. The molecule has 0 saturated carbocycles. The quantitative estimate of drug-likeness (QED) is 0.0222. The number of phosphoric acid groups is 2. The van der Waals surface area contributed by atoms with Gasteiger partial charge >= 0.3 is 39.5 Å². The van der Waals surface area contributed by atoms with E-state index in [1.807, 2.05) is 0 Å². The van der Waals surface area contributed by atoms with Crippen molar-refractivity contribution in [3.63, 3.8) is 0 Å². The molecule has 0 aliphatic heterocycles. The Morgan fingerprint density at radius 2 is 0.541 bits per heavy atom. The number of hydrogen-bond donors (Lipinski definition) is 3. The summed E-state index contributed by atoms with van der Waals surface area (Å²) in [5.74, 6) is -0.566. The fourth-order valence-electron chi connectivity index (χ4n) is 9.88. The summed E-state index contributed by atoms with van der Waals surface area (Å²) in [6.07, 6.45) is 42.3. The Labute approximate surface area is 517 Å². The Morgan fingerprint density at radius 3 is 0.800 bits per heavy atom. The molecule has 0 heterocycles. The third kappa shape index (κ3) is 60.7. The third-order valence-electron chi connectivity index (χ3n) is 15.2. The minimum absolute atomic E-state index is 0.103. The van der Waals surface area contributed by atoms with Crippen LogP contribution in [0.2, 0.25) is 0 Å². The van der Waals surface area contributed by atoms with Crippen molar-refractivity contribution in [2.24, 2.45) is 11.8 Å². The number of carbonyl (C=O) groups is 4. The number of unbranched alkanes of at least 4 members (excludes halogenated alkanes) is 35. The van der Waals surface area contributed by atoms with Gasteiger partial charge in [-0.15, -0.1) is 0 Å². The monoisotopic (exact) mass is 1250 g/mol. The number of esters is 4. The standard InChI is InChI=1S/C66H128O17P2/c1-7-9-11-13-29-38-44-50-65(70)82-61(54-76-63(68)48-42-34-12-10-8-2)56-80-84(72,73)78-52-60(67)53-79-85(74,75)81-57-62(55-77-64(69)49-43-37-32-27-24-20-22-26-31-36-41-47-59(5)6)83-66(71)51-45-39-33-28-23-19-17-15-14-16-18-21-25-30-35-40-46-58(3)4/h58-62,67H,7-57H2,1-6H3,(H,72,73)(H,74,75)/t60-,61+,62+/m0/s1. The van der Waals surface area contributed by atoms with E-state index in [4.69, 9.17) is 37.0 Å². The molecule has 0 aromatic rings. The van der Waals surface area contributed by atoms with Gasteiger partial charge in [0.15, 0.2) is 12.2 Å². The van der Waals surface area contributed by atoms with E-state index in [9.17, 15) is 43.2 Å². The van der Waals surface area contributed by atoms with E-state index in [0.29, 0.717) is 25.7 Å². The van der Waals surface area contributed by atoms with Gasteiger partial charge in [0, 0.05) is 25.7 Å². The van der Waals surface area contributed by atoms with Gasteiger partial charge in [0.25, 0.3) is 0 Å². The van der Waals surface area contributed by atoms with E-state index in [-0.39, 0.29) is 25.7 Å². The topological polar surface area (TPSA) is 237 Å². The lowest BCUT2D eigenvalue weighted by molar-refractivity contribution is -0.161. The van der Waals surface area contributed by atoms with E-state index >= 15 is 0 Å². The molecular weight excluding hydrogens is 1130 g/mol. The van der Waals surface area contributed by atoms with Crippen LogP contribution in [0.3, 0.4) is 0 Å². The Kier molecular flexibility index (Phi) is 57.1. The summed E-state index contributed by atoms with van der Waals surface area (Å²) >= 11 is 0. The zero-order valence-electron chi connectivity index (χ0n) is 54.9. The van der Waals surface area contributed by atoms with Gasteiger partial charge in [0.05, 0.1) is 26.4 Å². The van der Waals surface area contributed by atoms with Crippen LogP contribution in [-0.2, 0) is 65.4 Å². The summed E-state index contributed by atoms with van der Waals surface area (Å²) < 4.78 is 67.8. The van der Waals surface area contributed by atoms with Crippen molar-refractivity contribution in [3.05, 3.63) is 0 Å². The first kappa shape index (κ1) is 83.1. The molecule has 0 aliphatic carbocycles. The number of carbonyl (C=O) groups excluding carboxylic acids is 4. The van der Waals surface area contributed by atoms with Crippen LogP contribution in [0.25, 0.3) is 0 Å². The van der Waals surface area contributed by atoms with E-state index < -0.39 is 97.5 Å². The van der Waals surface area contributed by atoms with E-state index in [1.165, 1.54) is 128 Å². The SMILES string of the molecule is CCCCCCCCCC(=O)O[C@H](COC(=O)CCCCCCC)COP(=O)(O)OC[C@H](O)COP(=O)(O)OC[C@@H](COC(=O)CCCCCCCCCCCCCC(C)C)OC(=O)CCCCCCCCCCCCCCCCCCC(C)C. The second kappa shape index (κ2) is 58.4. The summed E-state index contributed by atoms with van der Waals surface area (Å²) in [7, 11) is -9.88. The summed E-state index contributed by atoms with van der Waals surface area (Å²) in [4.78, 5) is 71.9. The predicted octanol–water partition coefficient (Wildman–Crippen LogP) is 18.4. The first-order chi connectivity index (χ1) is 40.9. The van der Waals surface area contributed by atoms with Crippen molar-refractivity contribution in [2.45, 2.75) is 349 Å². The molecule has 0 spiro atoms. The highest BCUT2D eigenvalue weighted by atomic mass is 31.2. The van der Waals surface area contributed by atoms with Crippen LogP contribution in [0.4, 0.5) is 0 Å². The molecule has 85 heavy (non-hydrogen) atoms. The lowest BCUT2D eigenvalue weighted by atomic mass is 10.0. The molecule has 0 bridgehead atoms. The molecular formula is C66H128O17P2. The highest BCUT2D eigenvalue weighted by molar-refractivity contribution is 7.47. The number of rotatable bonds is 65. The Bertz CT molecular complexity index is 1670. The Balaban J connectivity index is 5.11. The smallest absolute Gasteiger partial charge is 0.462 e. The van der Waals surface area contributed by atoms with E-state index in [1.54, 1.807) is 0 Å². The molecule has 504 valence electrons. The Morgan fingerprint density at radius 1 is 0.318 bits per heavy atom. The second-order valence-electron chi connectivity index (χ2n) is 24.8. The third-order valence-corrected chi connectivity index (χ3v) is 17.1. The largest absolute Gasteiger partial charge is 0.472 e. The molecule has 0 aromatic heterocycles. The lowest BCUT2D eigenvalue weighted by Gasteiger charge is -2.21. The highest BCUT2D eigenvalue weighted by Crippen LogP contribution is 2.45. The molecule has 0 rings (SSSR count). The first-order valence-electron chi connectivity index (χ1n) is 34.5. The van der Waals surface area contributed by atoms with Crippen LogP contribution in [0.5, 0.6) is 0 Å². The molecule has 0 saturated heterocycles. The first-order valence-corrected chi connectivity index (χ1v) is 37.5. The van der Waals surface area contributed by atoms with Gasteiger partial charge in [-0.2, -0.15) is 0 Å². The number of ether oxygens (including phenoxy) is 4. The summed E-state index contributed by atoms with van der Waals surface area (Å²) in [5.41, 5.74) is 0. The molecule has 0 aromatic carbocycles. The molecule has 0 aliphatic rings. The molecule has 5 atom stereocenters. The minimum atomic E-state index is -4.95. The van der Waals surface area contributed by atoms with Gasteiger partial charge in [-0.3, -0.25) is 37.3 Å². The van der Waals surface area contributed by atoms with Crippen molar-refractivity contribution < 1.29 is 80.2 Å². The van der Waals surface area contributed by atoms with Gasteiger partial charge in [0.2, 0.25) is 0 Å². The molecule has 19 heteroatoms. The van der Waals surface area contributed by atoms with Gasteiger partial charge in [-0.05, 0) is 37.5 Å². The average molecular weight is 1260 g/mol. The average Bonchev–Trinajstić information content (AvgIpc) is 3.48. The summed E-state index contributed by atoms with van der Waals surface area (Å²) in [6.45, 7) is 9.42. The van der Waals surface area contributed by atoms with Crippen molar-refractivity contribution in [2.75, 3.05) is 39.6 Å². The van der Waals surface area contributed by atoms with Crippen molar-refractivity contribution in [1.82, 2.24) is 0 Å². The molecule has 3 N–H and O–H groups in total. The van der Waals surface area contributed by atoms with Crippen LogP contribution in [0.1, 0.15) is 330 Å². The maximum absolute atomic E-state index is 13.0.